The van der Waals surface area contributed by atoms with Gasteiger partial charge in [0.15, 0.2) is 5.78 Å². The summed E-state index contributed by atoms with van der Waals surface area (Å²) >= 11 is 0. The molecule has 0 saturated heterocycles. The van der Waals surface area contributed by atoms with E-state index in [2.05, 4.69) is 0 Å². The summed E-state index contributed by atoms with van der Waals surface area (Å²) in [6, 6.07) is 13.2. The number of rotatable bonds is 6. The number of hydrogen-bond donors (Lipinski definition) is 0. The third kappa shape index (κ3) is 3.92. The molecule has 0 atom stereocenters. The van der Waals surface area contributed by atoms with Gasteiger partial charge in [-0.05, 0) is 36.2 Å². The van der Waals surface area contributed by atoms with Crippen molar-refractivity contribution in [2.24, 2.45) is 0 Å². The van der Waals surface area contributed by atoms with Gasteiger partial charge in [-0.1, -0.05) is 31.2 Å². The number of hydrogen-bond acceptors (Lipinski definition) is 2. The fourth-order valence-corrected chi connectivity index (χ4v) is 1.87. The molecule has 2 rings (SSSR count). The van der Waals surface area contributed by atoms with Gasteiger partial charge in [0.05, 0.1) is 6.61 Å². The van der Waals surface area contributed by atoms with Crippen molar-refractivity contribution in [1.82, 2.24) is 0 Å². The predicted molar refractivity (Wildman–Crippen MR) is 76.7 cm³/mol. The van der Waals surface area contributed by atoms with E-state index < -0.39 is 0 Å². The van der Waals surface area contributed by atoms with Gasteiger partial charge < -0.3 is 4.74 Å². The Hall–Kier alpha value is -2.16. The maximum Gasteiger partial charge on any atom is 0.167 e. The van der Waals surface area contributed by atoms with Gasteiger partial charge >= 0.3 is 0 Å². The molecule has 0 N–H and O–H groups in total. The fourth-order valence-electron chi connectivity index (χ4n) is 1.87. The molecule has 2 nitrogen and oxygen atoms in total. The first-order chi connectivity index (χ1) is 9.69. The van der Waals surface area contributed by atoms with E-state index in [1.165, 1.54) is 12.1 Å². The molecule has 0 aliphatic rings. The van der Waals surface area contributed by atoms with E-state index in [0.717, 1.165) is 12.0 Å². The summed E-state index contributed by atoms with van der Waals surface area (Å²) in [4.78, 5) is 12.2. The molecule has 0 unspecified atom stereocenters. The monoisotopic (exact) mass is 272 g/mol. The Balaban J connectivity index is 2.06. The summed E-state index contributed by atoms with van der Waals surface area (Å²) in [5.74, 6) is 0.409. The number of carbonyl (C=O) groups is 1. The van der Waals surface area contributed by atoms with Crippen LogP contribution in [0.15, 0.2) is 48.5 Å². The second-order valence-electron chi connectivity index (χ2n) is 4.60. The van der Waals surface area contributed by atoms with Crippen molar-refractivity contribution in [3.63, 3.8) is 0 Å². The molecule has 104 valence electrons. The van der Waals surface area contributed by atoms with Crippen molar-refractivity contribution in [3.8, 4) is 5.75 Å². The Morgan fingerprint density at radius 2 is 1.90 bits per heavy atom. The summed E-state index contributed by atoms with van der Waals surface area (Å²) < 4.78 is 18.3. The largest absolute Gasteiger partial charge is 0.494 e. The molecule has 2 aromatic rings. The molecular formula is C17H17FO2. The summed E-state index contributed by atoms with van der Waals surface area (Å²) in [7, 11) is 0. The normalized spacial score (nSPS) is 10.3. The standard InChI is InChI=1S/C17H17FO2/c1-2-10-20-16-5-3-4-14(12-16)17(19)11-13-6-8-15(18)9-7-13/h3-9,12H,2,10-11H2,1H3. The number of ketones is 1. The van der Waals surface area contributed by atoms with Crippen LogP contribution in [-0.2, 0) is 6.42 Å². The van der Waals surface area contributed by atoms with Gasteiger partial charge in [-0.25, -0.2) is 4.39 Å². The first-order valence-electron chi connectivity index (χ1n) is 6.69. The molecular weight excluding hydrogens is 255 g/mol. The van der Waals surface area contributed by atoms with E-state index >= 15 is 0 Å². The van der Waals surface area contributed by atoms with E-state index in [4.69, 9.17) is 4.74 Å². The van der Waals surface area contributed by atoms with Crippen LogP contribution in [0.1, 0.15) is 29.3 Å². The molecule has 0 radical (unpaired) electrons. The molecule has 0 aromatic heterocycles. The van der Waals surface area contributed by atoms with Crippen LogP contribution in [0.25, 0.3) is 0 Å². The van der Waals surface area contributed by atoms with E-state index in [-0.39, 0.29) is 18.0 Å². The molecule has 0 fully saturated rings. The quantitative estimate of drug-likeness (QED) is 0.742. The van der Waals surface area contributed by atoms with Gasteiger partial charge in [0.25, 0.3) is 0 Å². The average Bonchev–Trinajstić information content (AvgIpc) is 2.48. The Morgan fingerprint density at radius 3 is 2.60 bits per heavy atom. The van der Waals surface area contributed by atoms with E-state index in [1.54, 1.807) is 24.3 Å². The maximum absolute atomic E-state index is 12.8. The van der Waals surface area contributed by atoms with Gasteiger partial charge in [-0.3, -0.25) is 4.79 Å². The number of benzene rings is 2. The molecule has 0 aliphatic carbocycles. The Morgan fingerprint density at radius 1 is 1.15 bits per heavy atom. The fraction of sp³-hybridized carbons (Fsp3) is 0.235. The molecule has 3 heteroatoms. The minimum absolute atomic E-state index is 0.00134. The number of halogens is 1. The van der Waals surface area contributed by atoms with Crippen molar-refractivity contribution in [3.05, 3.63) is 65.5 Å². The summed E-state index contributed by atoms with van der Waals surface area (Å²) in [5.41, 5.74) is 1.42. The van der Waals surface area contributed by atoms with E-state index in [1.807, 2.05) is 19.1 Å². The summed E-state index contributed by atoms with van der Waals surface area (Å²) in [6.45, 7) is 2.67. The summed E-state index contributed by atoms with van der Waals surface area (Å²) in [6.07, 6.45) is 1.19. The molecule has 0 heterocycles. The lowest BCUT2D eigenvalue weighted by Crippen LogP contribution is -2.04. The van der Waals surface area contributed by atoms with Crippen molar-refractivity contribution in [2.45, 2.75) is 19.8 Å². The smallest absolute Gasteiger partial charge is 0.167 e. The van der Waals surface area contributed by atoms with Crippen LogP contribution in [0, 0.1) is 5.82 Å². The molecule has 0 amide bonds. The third-order valence-corrected chi connectivity index (χ3v) is 2.91. The highest BCUT2D eigenvalue weighted by atomic mass is 19.1. The van der Waals surface area contributed by atoms with Crippen LogP contribution in [-0.4, -0.2) is 12.4 Å². The Bertz CT molecular complexity index is 576. The first-order valence-corrected chi connectivity index (χ1v) is 6.69. The van der Waals surface area contributed by atoms with Crippen LogP contribution < -0.4 is 4.74 Å². The molecule has 0 aliphatic heterocycles. The zero-order chi connectivity index (χ0) is 14.4. The minimum atomic E-state index is -0.295. The molecule has 0 bridgehead atoms. The Labute approximate surface area is 118 Å². The third-order valence-electron chi connectivity index (χ3n) is 2.91. The lowest BCUT2D eigenvalue weighted by Gasteiger charge is -2.06. The van der Waals surface area contributed by atoms with Gasteiger partial charge in [-0.2, -0.15) is 0 Å². The van der Waals surface area contributed by atoms with Crippen molar-refractivity contribution >= 4 is 5.78 Å². The predicted octanol–water partition coefficient (Wildman–Crippen LogP) is 4.04. The highest BCUT2D eigenvalue weighted by Gasteiger charge is 2.08. The first kappa shape index (κ1) is 14.3. The number of carbonyl (C=O) groups excluding carboxylic acids is 1. The number of ether oxygens (including phenoxy) is 1. The van der Waals surface area contributed by atoms with E-state index in [0.29, 0.717) is 17.9 Å². The van der Waals surface area contributed by atoms with Crippen LogP contribution in [0.5, 0.6) is 5.75 Å². The highest BCUT2D eigenvalue weighted by molar-refractivity contribution is 5.97. The van der Waals surface area contributed by atoms with Gasteiger partial charge in [0, 0.05) is 12.0 Å². The second-order valence-corrected chi connectivity index (χ2v) is 4.60. The Kier molecular flexibility index (Phi) is 4.88. The molecule has 0 saturated carbocycles. The summed E-state index contributed by atoms with van der Waals surface area (Å²) in [5, 5.41) is 0. The van der Waals surface area contributed by atoms with Crippen LogP contribution in [0.4, 0.5) is 4.39 Å². The van der Waals surface area contributed by atoms with Crippen molar-refractivity contribution < 1.29 is 13.9 Å². The maximum atomic E-state index is 12.8. The van der Waals surface area contributed by atoms with Gasteiger partial charge in [0.2, 0.25) is 0 Å². The molecule has 20 heavy (non-hydrogen) atoms. The van der Waals surface area contributed by atoms with Crippen molar-refractivity contribution in [2.75, 3.05) is 6.61 Å². The van der Waals surface area contributed by atoms with E-state index in [9.17, 15) is 9.18 Å². The second kappa shape index (κ2) is 6.85. The minimum Gasteiger partial charge on any atom is -0.494 e. The SMILES string of the molecule is CCCOc1cccc(C(=O)Cc2ccc(F)cc2)c1. The lowest BCUT2D eigenvalue weighted by molar-refractivity contribution is 0.0992. The van der Waals surface area contributed by atoms with Crippen LogP contribution in [0.2, 0.25) is 0 Å². The van der Waals surface area contributed by atoms with Crippen molar-refractivity contribution in [1.29, 1.82) is 0 Å². The zero-order valence-electron chi connectivity index (χ0n) is 11.4. The highest BCUT2D eigenvalue weighted by Crippen LogP contribution is 2.16. The molecule has 0 spiro atoms. The average molecular weight is 272 g/mol. The lowest BCUT2D eigenvalue weighted by atomic mass is 10.0. The van der Waals surface area contributed by atoms with Crippen LogP contribution in [0.3, 0.4) is 0 Å². The van der Waals surface area contributed by atoms with Gasteiger partial charge in [-0.15, -0.1) is 0 Å². The number of Topliss-reactive ketones (excluding diaryl/α,β-unsaturated/α-hetero) is 1. The topological polar surface area (TPSA) is 26.3 Å². The molecule has 2 aromatic carbocycles. The van der Waals surface area contributed by atoms with Gasteiger partial charge in [0.1, 0.15) is 11.6 Å². The zero-order valence-corrected chi connectivity index (χ0v) is 11.4. The van der Waals surface area contributed by atoms with Crippen LogP contribution >= 0.6 is 0 Å².